The summed E-state index contributed by atoms with van der Waals surface area (Å²) >= 11 is 5.71. The van der Waals surface area contributed by atoms with Gasteiger partial charge in [0.05, 0.1) is 31.9 Å². The van der Waals surface area contributed by atoms with E-state index in [2.05, 4.69) is 54.5 Å². The van der Waals surface area contributed by atoms with E-state index in [0.717, 1.165) is 41.7 Å². The van der Waals surface area contributed by atoms with Crippen LogP contribution in [-0.4, -0.2) is 88.7 Å². The van der Waals surface area contributed by atoms with Crippen molar-refractivity contribution in [3.05, 3.63) is 54.2 Å². The van der Waals surface area contributed by atoms with Crippen LogP contribution in [0, 0.1) is 0 Å². The van der Waals surface area contributed by atoms with Gasteiger partial charge in [-0.25, -0.2) is 9.98 Å². The second-order valence-corrected chi connectivity index (χ2v) is 9.65. The van der Waals surface area contributed by atoms with E-state index in [0.29, 0.717) is 12.0 Å². The number of guanidine groups is 1. The highest BCUT2D eigenvalue weighted by Crippen LogP contribution is 2.32. The van der Waals surface area contributed by atoms with Crippen LogP contribution < -0.4 is 25.0 Å². The highest BCUT2D eigenvalue weighted by atomic mass is 35.5. The lowest BCUT2D eigenvalue weighted by Crippen LogP contribution is -2.52. The van der Waals surface area contributed by atoms with Crippen molar-refractivity contribution >= 4 is 41.0 Å². The van der Waals surface area contributed by atoms with E-state index in [1.54, 1.807) is 20.6 Å². The molecule has 0 amide bonds. The molecule has 2 fully saturated rings. The molecule has 0 bridgehead atoms. The fourth-order valence-electron chi connectivity index (χ4n) is 4.90. The number of hydrogen-bond donors (Lipinski definition) is 2. The molecule has 0 unspecified atom stereocenters. The summed E-state index contributed by atoms with van der Waals surface area (Å²) in [6, 6.07) is 14.5. The number of halogens is 1. The van der Waals surface area contributed by atoms with Crippen LogP contribution in [0.15, 0.2) is 64.2 Å². The van der Waals surface area contributed by atoms with E-state index in [1.165, 1.54) is 50.8 Å². The number of anilines is 3. The number of para-hydroxylation sites is 2. The largest absolute Gasteiger partial charge is 0.495 e. The summed E-state index contributed by atoms with van der Waals surface area (Å²) < 4.78 is 11.1. The van der Waals surface area contributed by atoms with Crippen molar-refractivity contribution in [2.75, 3.05) is 76.1 Å². The Labute approximate surface area is 230 Å². The smallest absolute Gasteiger partial charge is 0.228 e. The van der Waals surface area contributed by atoms with Crippen LogP contribution in [0.2, 0.25) is 0 Å². The standard InChI is InChI=1S/C28H38ClN7O2/c1-34-16-18-36(19-17-34)22-10-14-35(15-11-22)23-8-9-25(27(20-23)38-3)33-28(30-13-12-29)32-21-31-24-6-4-5-7-26(24)37-2/h4-9,12-13,20-22H,10-11,14-19H2,1-3H3,(H2,30,31,32,33)/b13-12+. The molecule has 2 saturated heterocycles. The highest BCUT2D eigenvalue weighted by molar-refractivity contribution is 6.25. The first-order valence-electron chi connectivity index (χ1n) is 13.0. The number of piperazine rings is 1. The molecule has 2 aromatic rings. The number of methoxy groups -OCH3 is 2. The number of nitrogens with one attached hydrogen (secondary N) is 2. The van der Waals surface area contributed by atoms with Gasteiger partial charge < -0.3 is 29.9 Å². The molecule has 38 heavy (non-hydrogen) atoms. The summed E-state index contributed by atoms with van der Waals surface area (Å²) in [6.45, 7) is 6.76. The Kier molecular flexibility index (Phi) is 10.3. The monoisotopic (exact) mass is 539 g/mol. The molecular formula is C28H38ClN7O2. The molecule has 0 aromatic heterocycles. The summed E-state index contributed by atoms with van der Waals surface area (Å²) in [7, 11) is 5.51. The number of aliphatic imine (C=N–C) groups is 2. The third-order valence-electron chi connectivity index (χ3n) is 7.08. The number of nitrogens with zero attached hydrogens (tertiary/aromatic N) is 5. The summed E-state index contributed by atoms with van der Waals surface area (Å²) in [5.41, 5.74) is 4.05. The van der Waals surface area contributed by atoms with Gasteiger partial charge in [-0.2, -0.15) is 0 Å². The lowest BCUT2D eigenvalue weighted by molar-refractivity contribution is 0.0982. The second-order valence-electron chi connectivity index (χ2n) is 9.40. The van der Waals surface area contributed by atoms with E-state index in [-0.39, 0.29) is 0 Å². The molecule has 2 aliphatic rings. The molecule has 2 aromatic carbocycles. The lowest BCUT2D eigenvalue weighted by Gasteiger charge is -2.42. The number of ether oxygens (including phenoxy) is 2. The summed E-state index contributed by atoms with van der Waals surface area (Å²) in [4.78, 5) is 16.3. The first-order valence-corrected chi connectivity index (χ1v) is 13.4. The number of piperidine rings is 1. The number of hydrogen-bond acceptors (Lipinski definition) is 6. The Bertz CT molecular complexity index is 1120. The average molecular weight is 540 g/mol. The molecule has 4 rings (SSSR count). The van der Waals surface area contributed by atoms with Crippen molar-refractivity contribution in [3.63, 3.8) is 0 Å². The van der Waals surface area contributed by atoms with Gasteiger partial charge in [-0.3, -0.25) is 4.90 Å². The van der Waals surface area contributed by atoms with E-state index in [9.17, 15) is 0 Å². The minimum atomic E-state index is 0.350. The van der Waals surface area contributed by atoms with Crippen LogP contribution in [0.4, 0.5) is 17.1 Å². The SMILES string of the molecule is COc1ccccc1N/C=N/C(=N\C=C\Cl)Nc1ccc(N2CCC(N3CCN(C)CC3)CC2)cc1OC. The van der Waals surface area contributed by atoms with E-state index < -0.39 is 0 Å². The number of benzene rings is 2. The van der Waals surface area contributed by atoms with E-state index >= 15 is 0 Å². The minimum Gasteiger partial charge on any atom is -0.495 e. The quantitative estimate of drug-likeness (QED) is 0.377. The fraction of sp³-hybridized carbons (Fsp3) is 0.429. The second kappa shape index (κ2) is 14.0. The van der Waals surface area contributed by atoms with Crippen molar-refractivity contribution in [2.24, 2.45) is 9.98 Å². The molecule has 9 nitrogen and oxygen atoms in total. The molecular weight excluding hydrogens is 502 g/mol. The highest BCUT2D eigenvalue weighted by Gasteiger charge is 2.27. The predicted molar refractivity (Wildman–Crippen MR) is 158 cm³/mol. The summed E-state index contributed by atoms with van der Waals surface area (Å²) in [6.07, 6.45) is 5.38. The summed E-state index contributed by atoms with van der Waals surface area (Å²) in [5, 5.41) is 6.38. The topological polar surface area (TPSA) is 77.0 Å². The summed E-state index contributed by atoms with van der Waals surface area (Å²) in [5.74, 6) is 1.79. The maximum Gasteiger partial charge on any atom is 0.228 e. The Balaban J connectivity index is 1.40. The van der Waals surface area contributed by atoms with Crippen LogP contribution >= 0.6 is 11.6 Å². The first kappa shape index (κ1) is 27.8. The van der Waals surface area contributed by atoms with Crippen molar-refractivity contribution in [3.8, 4) is 11.5 Å². The van der Waals surface area contributed by atoms with Gasteiger partial charge in [0, 0.05) is 68.8 Å². The Morgan fingerprint density at radius 3 is 2.39 bits per heavy atom. The third-order valence-corrected chi connectivity index (χ3v) is 7.20. The molecule has 2 N–H and O–H groups in total. The Morgan fingerprint density at radius 2 is 1.68 bits per heavy atom. The minimum absolute atomic E-state index is 0.350. The zero-order valence-electron chi connectivity index (χ0n) is 22.4. The van der Waals surface area contributed by atoms with Gasteiger partial charge >= 0.3 is 0 Å². The van der Waals surface area contributed by atoms with Crippen LogP contribution in [0.1, 0.15) is 12.8 Å². The maximum atomic E-state index is 5.73. The van der Waals surface area contributed by atoms with Gasteiger partial charge in [-0.15, -0.1) is 0 Å². The van der Waals surface area contributed by atoms with Crippen LogP contribution in [0.25, 0.3) is 0 Å². The van der Waals surface area contributed by atoms with Crippen LogP contribution in [-0.2, 0) is 0 Å². The van der Waals surface area contributed by atoms with Gasteiger partial charge in [-0.1, -0.05) is 23.7 Å². The molecule has 204 valence electrons. The number of rotatable bonds is 8. The third kappa shape index (κ3) is 7.40. The van der Waals surface area contributed by atoms with Gasteiger partial charge in [0.1, 0.15) is 11.5 Å². The van der Waals surface area contributed by atoms with Crippen molar-refractivity contribution in [2.45, 2.75) is 18.9 Å². The molecule has 2 heterocycles. The number of likely N-dealkylation sites (N-methyl/N-ethyl adjacent to an activating group) is 1. The van der Waals surface area contributed by atoms with Crippen molar-refractivity contribution < 1.29 is 9.47 Å². The zero-order valence-corrected chi connectivity index (χ0v) is 23.2. The van der Waals surface area contributed by atoms with Crippen LogP contribution in [0.3, 0.4) is 0 Å². The van der Waals surface area contributed by atoms with Crippen molar-refractivity contribution in [1.82, 2.24) is 9.80 Å². The Morgan fingerprint density at radius 1 is 0.947 bits per heavy atom. The predicted octanol–water partition coefficient (Wildman–Crippen LogP) is 4.54. The lowest BCUT2D eigenvalue weighted by atomic mass is 10.0. The van der Waals surface area contributed by atoms with E-state index in [1.807, 2.05) is 30.3 Å². The average Bonchev–Trinajstić information content (AvgIpc) is 2.96. The molecule has 0 spiro atoms. The maximum absolute atomic E-state index is 5.73. The molecule has 0 radical (unpaired) electrons. The normalized spacial score (nSPS) is 18.3. The molecule has 0 aliphatic carbocycles. The van der Waals surface area contributed by atoms with Crippen molar-refractivity contribution in [1.29, 1.82) is 0 Å². The van der Waals surface area contributed by atoms with Crippen LogP contribution in [0.5, 0.6) is 11.5 Å². The Hall–Kier alpha value is -3.27. The van der Waals surface area contributed by atoms with Gasteiger partial charge in [0.15, 0.2) is 0 Å². The van der Waals surface area contributed by atoms with Gasteiger partial charge in [-0.05, 0) is 44.2 Å². The van der Waals surface area contributed by atoms with Gasteiger partial charge in [0.25, 0.3) is 0 Å². The molecule has 0 saturated carbocycles. The molecule has 10 heteroatoms. The molecule has 0 atom stereocenters. The fourth-order valence-corrected chi connectivity index (χ4v) is 4.96. The molecule has 2 aliphatic heterocycles. The van der Waals surface area contributed by atoms with E-state index in [4.69, 9.17) is 21.1 Å². The zero-order chi connectivity index (χ0) is 26.7. The van der Waals surface area contributed by atoms with Gasteiger partial charge in [0.2, 0.25) is 5.96 Å². The first-order chi connectivity index (χ1) is 18.6.